The molecule has 1 aliphatic heterocycles. The minimum absolute atomic E-state index is 0.139. The summed E-state index contributed by atoms with van der Waals surface area (Å²) in [6, 6.07) is 23.6. The fraction of sp³-hybridized carbons (Fsp3) is 0.200. The number of carbonyl (C=O) groups excluding carboxylic acids is 2. The Morgan fingerprint density at radius 3 is 2.28 bits per heavy atom. The van der Waals surface area contributed by atoms with E-state index in [9.17, 15) is 9.59 Å². The maximum Gasteiger partial charge on any atom is 0.251 e. The van der Waals surface area contributed by atoms with Crippen molar-refractivity contribution in [1.29, 1.82) is 0 Å². The van der Waals surface area contributed by atoms with Crippen LogP contribution >= 0.6 is 0 Å². The number of imide groups is 1. The predicted molar refractivity (Wildman–Crippen MR) is 123 cm³/mol. The van der Waals surface area contributed by atoms with Crippen LogP contribution in [0.2, 0.25) is 0 Å². The fourth-order valence-electron chi connectivity index (χ4n) is 3.63. The second kappa shape index (κ2) is 9.98. The van der Waals surface area contributed by atoms with Gasteiger partial charge in [0.25, 0.3) is 5.91 Å². The van der Waals surface area contributed by atoms with Crippen molar-refractivity contribution in [3.8, 4) is 5.75 Å². The van der Waals surface area contributed by atoms with Gasteiger partial charge in [-0.05, 0) is 54.4 Å². The van der Waals surface area contributed by atoms with Crippen molar-refractivity contribution in [2.45, 2.75) is 18.9 Å². The lowest BCUT2D eigenvalue weighted by Crippen LogP contribution is -2.39. The van der Waals surface area contributed by atoms with Crippen LogP contribution in [0.4, 0.5) is 17.1 Å². The number of hydrogen-bond donors (Lipinski definition) is 1. The average Bonchev–Trinajstić information content (AvgIpc) is 3.12. The molecular formula is C25H24N4O3. The van der Waals surface area contributed by atoms with Gasteiger partial charge < -0.3 is 10.1 Å². The summed E-state index contributed by atoms with van der Waals surface area (Å²) in [5.41, 5.74) is 2.98. The largest absolute Gasteiger partial charge is 0.496 e. The van der Waals surface area contributed by atoms with E-state index in [-0.39, 0.29) is 18.2 Å². The van der Waals surface area contributed by atoms with Gasteiger partial charge in [0, 0.05) is 6.54 Å². The SMILES string of the molecule is COc1ccccc1CCN[C@@H]1CC(=O)N(c2ccc(/N=N/c3ccccc3)cc2)C1=O. The first-order valence-electron chi connectivity index (χ1n) is 10.4. The molecule has 3 aromatic rings. The van der Waals surface area contributed by atoms with E-state index in [2.05, 4.69) is 15.5 Å². The Bertz CT molecular complexity index is 1110. The molecule has 162 valence electrons. The third kappa shape index (κ3) is 4.90. The van der Waals surface area contributed by atoms with Crippen LogP contribution in [0.15, 0.2) is 89.1 Å². The summed E-state index contributed by atoms with van der Waals surface area (Å²) in [7, 11) is 1.64. The van der Waals surface area contributed by atoms with Gasteiger partial charge >= 0.3 is 0 Å². The molecule has 0 spiro atoms. The summed E-state index contributed by atoms with van der Waals surface area (Å²) in [6.45, 7) is 0.566. The summed E-state index contributed by atoms with van der Waals surface area (Å²) in [4.78, 5) is 26.6. The molecule has 0 bridgehead atoms. The molecule has 0 saturated carbocycles. The molecule has 1 N–H and O–H groups in total. The first kappa shape index (κ1) is 21.4. The number of benzene rings is 3. The number of nitrogens with one attached hydrogen (secondary N) is 1. The Morgan fingerprint density at radius 2 is 1.56 bits per heavy atom. The Hall–Kier alpha value is -3.84. The Kier molecular flexibility index (Phi) is 6.67. The minimum atomic E-state index is -0.533. The molecule has 7 nitrogen and oxygen atoms in total. The van der Waals surface area contributed by atoms with Gasteiger partial charge in [0.1, 0.15) is 5.75 Å². The lowest BCUT2D eigenvalue weighted by Gasteiger charge is -2.16. The summed E-state index contributed by atoms with van der Waals surface area (Å²) in [5, 5.41) is 11.6. The number of para-hydroxylation sites is 1. The van der Waals surface area contributed by atoms with Crippen molar-refractivity contribution in [3.05, 3.63) is 84.4 Å². The third-order valence-electron chi connectivity index (χ3n) is 5.27. The lowest BCUT2D eigenvalue weighted by atomic mass is 10.1. The number of nitrogens with zero attached hydrogens (tertiary/aromatic N) is 3. The first-order valence-corrected chi connectivity index (χ1v) is 10.4. The number of rotatable bonds is 8. The van der Waals surface area contributed by atoms with Crippen molar-refractivity contribution < 1.29 is 14.3 Å². The predicted octanol–water partition coefficient (Wildman–Crippen LogP) is 4.57. The van der Waals surface area contributed by atoms with E-state index >= 15 is 0 Å². The lowest BCUT2D eigenvalue weighted by molar-refractivity contribution is -0.121. The van der Waals surface area contributed by atoms with Crippen LogP contribution in [-0.4, -0.2) is 31.5 Å². The van der Waals surface area contributed by atoms with Crippen LogP contribution in [0.5, 0.6) is 5.75 Å². The Labute approximate surface area is 186 Å². The number of anilines is 1. The highest BCUT2D eigenvalue weighted by Gasteiger charge is 2.39. The highest BCUT2D eigenvalue weighted by Crippen LogP contribution is 2.26. The molecule has 2 amide bonds. The molecule has 32 heavy (non-hydrogen) atoms. The topological polar surface area (TPSA) is 83.4 Å². The van der Waals surface area contributed by atoms with Crippen LogP contribution in [0.1, 0.15) is 12.0 Å². The number of azo groups is 1. The fourth-order valence-corrected chi connectivity index (χ4v) is 3.63. The van der Waals surface area contributed by atoms with E-state index in [4.69, 9.17) is 4.74 Å². The summed E-state index contributed by atoms with van der Waals surface area (Å²) >= 11 is 0. The number of methoxy groups -OCH3 is 1. The summed E-state index contributed by atoms with van der Waals surface area (Å²) < 4.78 is 5.36. The zero-order chi connectivity index (χ0) is 22.3. The van der Waals surface area contributed by atoms with Crippen molar-refractivity contribution in [1.82, 2.24) is 5.32 Å². The highest BCUT2D eigenvalue weighted by molar-refractivity contribution is 6.22. The standard InChI is InChI=1S/C25H24N4O3/c1-32-23-10-6-5-7-18(23)15-16-26-22-17-24(30)29(25(22)31)21-13-11-20(12-14-21)28-27-19-8-3-2-4-9-19/h2-14,22,26H,15-17H2,1H3/b28-27+/t22-/m1/s1. The first-order chi connectivity index (χ1) is 15.7. The van der Waals surface area contributed by atoms with Gasteiger partial charge in [-0.3, -0.25) is 9.59 Å². The number of ether oxygens (including phenoxy) is 1. The van der Waals surface area contributed by atoms with Gasteiger partial charge in [-0.25, -0.2) is 4.90 Å². The smallest absolute Gasteiger partial charge is 0.251 e. The minimum Gasteiger partial charge on any atom is -0.496 e. The van der Waals surface area contributed by atoms with E-state index in [1.165, 1.54) is 4.90 Å². The third-order valence-corrected chi connectivity index (χ3v) is 5.27. The molecule has 3 aromatic carbocycles. The van der Waals surface area contributed by atoms with Gasteiger partial charge in [-0.2, -0.15) is 10.2 Å². The van der Waals surface area contributed by atoms with Crippen LogP contribution in [0, 0.1) is 0 Å². The van der Waals surface area contributed by atoms with Gasteiger partial charge in [0.05, 0.1) is 36.6 Å². The molecule has 1 fully saturated rings. The number of hydrogen-bond acceptors (Lipinski definition) is 6. The molecule has 1 saturated heterocycles. The number of amides is 2. The molecule has 4 rings (SSSR count). The molecule has 0 aliphatic carbocycles. The van der Waals surface area contributed by atoms with Gasteiger partial charge in [-0.15, -0.1) is 0 Å². The van der Waals surface area contributed by atoms with Crippen LogP contribution in [0.3, 0.4) is 0 Å². The highest BCUT2D eigenvalue weighted by atomic mass is 16.5. The second-order valence-corrected chi connectivity index (χ2v) is 7.39. The Balaban J connectivity index is 1.36. The van der Waals surface area contributed by atoms with Gasteiger partial charge in [-0.1, -0.05) is 36.4 Å². The number of carbonyl (C=O) groups is 2. The maximum absolute atomic E-state index is 12.9. The van der Waals surface area contributed by atoms with Gasteiger partial charge in [0.15, 0.2) is 0 Å². The van der Waals surface area contributed by atoms with E-state index in [1.807, 2.05) is 54.6 Å². The molecule has 1 heterocycles. The van der Waals surface area contributed by atoms with E-state index in [0.717, 1.165) is 17.0 Å². The van der Waals surface area contributed by atoms with Crippen molar-refractivity contribution >= 4 is 28.9 Å². The zero-order valence-electron chi connectivity index (χ0n) is 17.8. The zero-order valence-corrected chi connectivity index (χ0v) is 17.8. The normalized spacial score (nSPS) is 16.2. The molecule has 1 atom stereocenters. The van der Waals surface area contributed by atoms with Crippen molar-refractivity contribution in [3.63, 3.8) is 0 Å². The van der Waals surface area contributed by atoms with Crippen LogP contribution in [0.25, 0.3) is 0 Å². The summed E-state index contributed by atoms with van der Waals surface area (Å²) in [6.07, 6.45) is 0.837. The van der Waals surface area contributed by atoms with E-state index < -0.39 is 6.04 Å². The quantitative estimate of drug-likeness (QED) is 0.421. The molecule has 0 radical (unpaired) electrons. The van der Waals surface area contributed by atoms with E-state index in [1.54, 1.807) is 31.4 Å². The maximum atomic E-state index is 12.9. The molecule has 0 aromatic heterocycles. The molecule has 1 aliphatic rings. The van der Waals surface area contributed by atoms with Crippen molar-refractivity contribution in [2.24, 2.45) is 10.2 Å². The van der Waals surface area contributed by atoms with Crippen LogP contribution in [-0.2, 0) is 16.0 Å². The Morgan fingerprint density at radius 1 is 0.906 bits per heavy atom. The molecule has 0 unspecified atom stereocenters. The van der Waals surface area contributed by atoms with Gasteiger partial charge in [0.2, 0.25) is 5.91 Å². The average molecular weight is 428 g/mol. The van der Waals surface area contributed by atoms with Crippen molar-refractivity contribution in [2.75, 3.05) is 18.6 Å². The van der Waals surface area contributed by atoms with E-state index in [0.29, 0.717) is 24.3 Å². The molecular weight excluding hydrogens is 404 g/mol. The second-order valence-electron chi connectivity index (χ2n) is 7.39. The monoisotopic (exact) mass is 428 g/mol. The van der Waals surface area contributed by atoms with Crippen LogP contribution < -0.4 is 15.0 Å². The molecule has 7 heteroatoms. The summed E-state index contributed by atoms with van der Waals surface area (Å²) in [5.74, 6) is 0.353.